The lowest BCUT2D eigenvalue weighted by molar-refractivity contribution is -0.122. The Morgan fingerprint density at radius 1 is 1.25 bits per heavy atom. The molecule has 0 radical (unpaired) electrons. The first-order chi connectivity index (χ1) is 9.18. The summed E-state index contributed by atoms with van der Waals surface area (Å²) in [5.41, 5.74) is 0. The van der Waals surface area contributed by atoms with E-state index >= 15 is 0 Å². The van der Waals surface area contributed by atoms with Crippen molar-refractivity contribution in [2.75, 3.05) is 32.4 Å². The number of carbonyl (C=O) groups is 1. The van der Waals surface area contributed by atoms with E-state index in [4.69, 9.17) is 0 Å². The average Bonchev–Trinajstić information content (AvgIpc) is 2.33. The molecule has 1 atom stereocenters. The van der Waals surface area contributed by atoms with Crippen molar-refractivity contribution in [1.29, 1.82) is 0 Å². The number of rotatable bonds is 10. The van der Waals surface area contributed by atoms with Crippen LogP contribution >= 0.6 is 0 Å². The monoisotopic (exact) mass is 307 g/mol. The Kier molecular flexibility index (Phi) is 9.00. The average molecular weight is 307 g/mol. The maximum absolute atomic E-state index is 11.7. The molecule has 0 rings (SSSR count). The van der Waals surface area contributed by atoms with Crippen molar-refractivity contribution in [3.05, 3.63) is 0 Å². The molecule has 0 aliphatic carbocycles. The van der Waals surface area contributed by atoms with Gasteiger partial charge in [-0.3, -0.25) is 4.79 Å². The van der Waals surface area contributed by atoms with Crippen LogP contribution in [0.5, 0.6) is 0 Å². The molecule has 0 heterocycles. The minimum absolute atomic E-state index is 0.0193. The highest BCUT2D eigenvalue weighted by Crippen LogP contribution is 1.98. The second-order valence-electron chi connectivity index (χ2n) is 5.42. The summed E-state index contributed by atoms with van der Waals surface area (Å²) in [5, 5.41) is 5.96. The van der Waals surface area contributed by atoms with Crippen molar-refractivity contribution < 1.29 is 13.2 Å². The summed E-state index contributed by atoms with van der Waals surface area (Å²) in [6.07, 6.45) is 1.90. The molecular weight excluding hydrogens is 278 g/mol. The molecule has 0 spiro atoms. The summed E-state index contributed by atoms with van der Waals surface area (Å²) in [6.45, 7) is 9.95. The van der Waals surface area contributed by atoms with Crippen LogP contribution in [-0.4, -0.2) is 57.1 Å². The highest BCUT2D eigenvalue weighted by atomic mass is 32.2. The second-order valence-corrected chi connectivity index (χ2v) is 7.41. The first kappa shape index (κ1) is 19.3. The Balaban J connectivity index is 3.92. The van der Waals surface area contributed by atoms with Crippen molar-refractivity contribution >= 4 is 15.9 Å². The van der Waals surface area contributed by atoms with E-state index < -0.39 is 10.0 Å². The van der Waals surface area contributed by atoms with Gasteiger partial charge in [0.1, 0.15) is 0 Å². The van der Waals surface area contributed by atoms with Crippen molar-refractivity contribution in [2.45, 2.75) is 40.2 Å². The zero-order chi connectivity index (χ0) is 15.8. The molecule has 6 nitrogen and oxygen atoms in total. The molecule has 0 saturated heterocycles. The Hall–Kier alpha value is -0.660. The summed E-state index contributed by atoms with van der Waals surface area (Å²) < 4.78 is 24.2. The highest BCUT2D eigenvalue weighted by Gasteiger charge is 2.15. The molecule has 0 saturated carbocycles. The van der Waals surface area contributed by atoms with Gasteiger partial charge >= 0.3 is 0 Å². The molecule has 0 aromatic rings. The first-order valence-electron chi connectivity index (χ1n) is 7.14. The fourth-order valence-electron chi connectivity index (χ4n) is 1.68. The lowest BCUT2D eigenvalue weighted by Crippen LogP contribution is -2.44. The summed E-state index contributed by atoms with van der Waals surface area (Å²) in [4.78, 5) is 11.7. The predicted molar refractivity (Wildman–Crippen MR) is 82.0 cm³/mol. The third kappa shape index (κ3) is 8.50. The number of nitrogens with one attached hydrogen (secondary N) is 2. The number of hydrogen-bond acceptors (Lipinski definition) is 4. The van der Waals surface area contributed by atoms with Gasteiger partial charge in [0.05, 0.1) is 12.3 Å². The normalized spacial score (nSPS) is 13.8. The van der Waals surface area contributed by atoms with Crippen LogP contribution in [0.2, 0.25) is 0 Å². The smallest absolute Gasteiger partial charge is 0.236 e. The van der Waals surface area contributed by atoms with Crippen LogP contribution in [0.15, 0.2) is 0 Å². The SMILES string of the molecule is CCN(CCCNC(C)C(=O)NCC(C)C)S(C)(=O)=O. The number of carbonyl (C=O) groups excluding carboxylic acids is 1. The van der Waals surface area contributed by atoms with Gasteiger partial charge < -0.3 is 10.6 Å². The summed E-state index contributed by atoms with van der Waals surface area (Å²) >= 11 is 0. The van der Waals surface area contributed by atoms with E-state index in [0.29, 0.717) is 38.5 Å². The molecule has 1 amide bonds. The summed E-state index contributed by atoms with van der Waals surface area (Å²) in [5.74, 6) is 0.410. The van der Waals surface area contributed by atoms with Gasteiger partial charge in [-0.15, -0.1) is 0 Å². The van der Waals surface area contributed by atoms with E-state index in [1.54, 1.807) is 0 Å². The van der Waals surface area contributed by atoms with Gasteiger partial charge in [0.15, 0.2) is 0 Å². The molecule has 0 fully saturated rings. The van der Waals surface area contributed by atoms with Crippen LogP contribution in [0.4, 0.5) is 0 Å². The largest absolute Gasteiger partial charge is 0.354 e. The van der Waals surface area contributed by atoms with Crippen molar-refractivity contribution in [1.82, 2.24) is 14.9 Å². The standard InChI is InChI=1S/C13H29N3O3S/c1-6-16(20(5,18)19)9-7-8-14-12(4)13(17)15-10-11(2)3/h11-12,14H,6-10H2,1-5H3,(H,15,17). The quantitative estimate of drug-likeness (QED) is 0.573. The Morgan fingerprint density at radius 3 is 2.30 bits per heavy atom. The molecule has 0 aliphatic heterocycles. The first-order valence-corrected chi connectivity index (χ1v) is 8.99. The number of amides is 1. The molecule has 1 unspecified atom stereocenters. The number of sulfonamides is 1. The molecule has 120 valence electrons. The van der Waals surface area contributed by atoms with Gasteiger partial charge in [0.25, 0.3) is 0 Å². The van der Waals surface area contributed by atoms with E-state index in [0.717, 1.165) is 0 Å². The van der Waals surface area contributed by atoms with Gasteiger partial charge in [-0.1, -0.05) is 20.8 Å². The van der Waals surface area contributed by atoms with Crippen LogP contribution in [0.1, 0.15) is 34.1 Å². The van der Waals surface area contributed by atoms with E-state index in [1.807, 2.05) is 27.7 Å². The Bertz CT molecular complexity index is 382. The second kappa shape index (κ2) is 9.31. The van der Waals surface area contributed by atoms with Crippen LogP contribution in [0.3, 0.4) is 0 Å². The zero-order valence-electron chi connectivity index (χ0n) is 13.3. The minimum atomic E-state index is -3.12. The van der Waals surface area contributed by atoms with Gasteiger partial charge in [-0.25, -0.2) is 12.7 Å². The lowest BCUT2D eigenvalue weighted by Gasteiger charge is -2.19. The van der Waals surface area contributed by atoms with Gasteiger partial charge in [-0.05, 0) is 25.8 Å². The molecular formula is C13H29N3O3S. The maximum atomic E-state index is 11.7. The van der Waals surface area contributed by atoms with E-state index in [1.165, 1.54) is 10.6 Å². The van der Waals surface area contributed by atoms with Crippen molar-refractivity contribution in [2.24, 2.45) is 5.92 Å². The summed E-state index contributed by atoms with van der Waals surface area (Å²) in [7, 11) is -3.12. The van der Waals surface area contributed by atoms with Gasteiger partial charge in [0, 0.05) is 19.6 Å². The highest BCUT2D eigenvalue weighted by molar-refractivity contribution is 7.88. The fourth-order valence-corrected chi connectivity index (χ4v) is 2.61. The summed E-state index contributed by atoms with van der Waals surface area (Å²) in [6, 6.07) is -0.262. The van der Waals surface area contributed by atoms with Crippen molar-refractivity contribution in [3.8, 4) is 0 Å². The fraction of sp³-hybridized carbons (Fsp3) is 0.923. The molecule has 20 heavy (non-hydrogen) atoms. The molecule has 0 bridgehead atoms. The van der Waals surface area contributed by atoms with E-state index in [9.17, 15) is 13.2 Å². The third-order valence-corrected chi connectivity index (χ3v) is 4.31. The number of nitrogens with zero attached hydrogens (tertiary/aromatic N) is 1. The van der Waals surface area contributed by atoms with Gasteiger partial charge in [-0.2, -0.15) is 0 Å². The maximum Gasteiger partial charge on any atom is 0.236 e. The topological polar surface area (TPSA) is 78.5 Å². The predicted octanol–water partition coefficient (Wildman–Crippen LogP) is 0.408. The van der Waals surface area contributed by atoms with Crippen LogP contribution in [-0.2, 0) is 14.8 Å². The van der Waals surface area contributed by atoms with Crippen LogP contribution < -0.4 is 10.6 Å². The third-order valence-electron chi connectivity index (χ3n) is 2.93. The minimum Gasteiger partial charge on any atom is -0.354 e. The van der Waals surface area contributed by atoms with Gasteiger partial charge in [0.2, 0.25) is 15.9 Å². The molecule has 0 aromatic heterocycles. The van der Waals surface area contributed by atoms with E-state index in [2.05, 4.69) is 10.6 Å². The lowest BCUT2D eigenvalue weighted by atomic mass is 10.2. The molecule has 0 aliphatic rings. The molecule has 0 aromatic carbocycles. The number of hydrogen-bond donors (Lipinski definition) is 2. The van der Waals surface area contributed by atoms with E-state index in [-0.39, 0.29) is 11.9 Å². The zero-order valence-corrected chi connectivity index (χ0v) is 14.1. The Morgan fingerprint density at radius 2 is 1.85 bits per heavy atom. The molecule has 7 heteroatoms. The Labute approximate surface area is 123 Å². The molecule has 2 N–H and O–H groups in total. The van der Waals surface area contributed by atoms with Crippen LogP contribution in [0, 0.1) is 5.92 Å². The van der Waals surface area contributed by atoms with Crippen LogP contribution in [0.25, 0.3) is 0 Å². The van der Waals surface area contributed by atoms with Crippen molar-refractivity contribution in [3.63, 3.8) is 0 Å².